The van der Waals surface area contributed by atoms with Crippen LogP contribution in [0.5, 0.6) is 0 Å². The molecule has 1 rings (SSSR count). The van der Waals surface area contributed by atoms with Crippen molar-refractivity contribution in [2.45, 2.75) is 18.6 Å². The van der Waals surface area contributed by atoms with Crippen LogP contribution in [0.4, 0.5) is 0 Å². The highest BCUT2D eigenvalue weighted by Crippen LogP contribution is 2.25. The van der Waals surface area contributed by atoms with E-state index >= 15 is 0 Å². The summed E-state index contributed by atoms with van der Waals surface area (Å²) in [5.74, 6) is -0.621. The summed E-state index contributed by atoms with van der Waals surface area (Å²) >= 11 is 11.3. The number of hydrogen-bond acceptors (Lipinski definition) is 5. The number of methoxy groups -OCH3 is 1. The third kappa shape index (κ3) is 3.81. The number of aliphatic hydroxyl groups is 2. The van der Waals surface area contributed by atoms with Crippen molar-refractivity contribution in [3.63, 3.8) is 0 Å². The first-order valence-corrected chi connectivity index (χ1v) is 5.45. The lowest BCUT2D eigenvalue weighted by Gasteiger charge is -2.17. The highest BCUT2D eigenvalue weighted by molar-refractivity contribution is 6.41. The molecule has 0 bridgehead atoms. The molecule has 2 atom stereocenters. The number of carbonyl (C=O) groups is 1. The van der Waals surface area contributed by atoms with E-state index < -0.39 is 18.2 Å². The number of ether oxygens (including phenoxy) is 1. The maximum absolute atomic E-state index is 10.9. The molecule has 0 saturated heterocycles. The average Bonchev–Trinajstić information content (AvgIpc) is 2.31. The van der Waals surface area contributed by atoms with Crippen LogP contribution in [-0.4, -0.2) is 34.4 Å². The Morgan fingerprint density at radius 1 is 1.53 bits per heavy atom. The van der Waals surface area contributed by atoms with Crippen molar-refractivity contribution in [2.24, 2.45) is 0 Å². The summed E-state index contributed by atoms with van der Waals surface area (Å²) in [6, 6.07) is 1.38. The van der Waals surface area contributed by atoms with Gasteiger partial charge in [-0.05, 0) is 6.07 Å². The quantitative estimate of drug-likeness (QED) is 0.642. The number of carbonyl (C=O) groups excluding carboxylic acids is 1. The van der Waals surface area contributed by atoms with E-state index in [4.69, 9.17) is 23.2 Å². The van der Waals surface area contributed by atoms with E-state index in [1.807, 2.05) is 0 Å². The Morgan fingerprint density at radius 3 is 2.71 bits per heavy atom. The van der Waals surface area contributed by atoms with Gasteiger partial charge in [0.1, 0.15) is 11.3 Å². The fourth-order valence-electron chi connectivity index (χ4n) is 1.19. The molecule has 0 fully saturated rings. The fourth-order valence-corrected chi connectivity index (χ4v) is 1.46. The van der Waals surface area contributed by atoms with Crippen molar-refractivity contribution in [1.29, 1.82) is 0 Å². The molecule has 0 aliphatic carbocycles. The lowest BCUT2D eigenvalue weighted by atomic mass is 10.0. The van der Waals surface area contributed by atoms with Crippen molar-refractivity contribution in [3.05, 3.63) is 28.0 Å². The number of esters is 1. The summed E-state index contributed by atoms with van der Waals surface area (Å²) < 4.78 is 4.38. The normalized spacial score (nSPS) is 14.2. The van der Waals surface area contributed by atoms with Gasteiger partial charge in [0.2, 0.25) is 0 Å². The maximum atomic E-state index is 10.9. The highest BCUT2D eigenvalue weighted by Gasteiger charge is 2.22. The van der Waals surface area contributed by atoms with E-state index in [1.54, 1.807) is 0 Å². The maximum Gasteiger partial charge on any atom is 0.308 e. The molecule has 5 nitrogen and oxygen atoms in total. The molecule has 0 saturated carbocycles. The van der Waals surface area contributed by atoms with Crippen LogP contribution in [-0.2, 0) is 9.53 Å². The average molecular weight is 280 g/mol. The fraction of sp³-hybridized carbons (Fsp3) is 0.400. The second-order valence-electron chi connectivity index (χ2n) is 3.33. The van der Waals surface area contributed by atoms with Gasteiger partial charge in [0.25, 0.3) is 0 Å². The van der Waals surface area contributed by atoms with Crippen molar-refractivity contribution in [3.8, 4) is 0 Å². The lowest BCUT2D eigenvalue weighted by molar-refractivity contribution is -0.144. The summed E-state index contributed by atoms with van der Waals surface area (Å²) in [5.41, 5.74) is 0.274. The molecule has 94 valence electrons. The van der Waals surface area contributed by atoms with Crippen LogP contribution in [0, 0.1) is 0 Å². The standard InChI is InChI=1S/C10H11Cl2NO4/c1-17-8(15)3-7(14)9(16)5-2-6(11)10(12)13-4-5/h2,4,7,9,14,16H,3H2,1H3. The second kappa shape index (κ2) is 6.16. The monoisotopic (exact) mass is 279 g/mol. The number of nitrogens with zero attached hydrogens (tertiary/aromatic N) is 1. The van der Waals surface area contributed by atoms with E-state index in [9.17, 15) is 15.0 Å². The third-order valence-electron chi connectivity index (χ3n) is 2.13. The van der Waals surface area contributed by atoms with Crippen LogP contribution in [0.3, 0.4) is 0 Å². The Kier molecular flexibility index (Phi) is 5.14. The van der Waals surface area contributed by atoms with Gasteiger partial charge in [-0.25, -0.2) is 4.98 Å². The summed E-state index contributed by atoms with van der Waals surface area (Å²) in [7, 11) is 1.20. The van der Waals surface area contributed by atoms with Crippen molar-refractivity contribution in [1.82, 2.24) is 4.98 Å². The minimum absolute atomic E-state index is 0.102. The van der Waals surface area contributed by atoms with Gasteiger partial charge >= 0.3 is 5.97 Å². The molecule has 1 aromatic heterocycles. The molecule has 2 N–H and O–H groups in total. The summed E-state index contributed by atoms with van der Waals surface area (Å²) in [6.45, 7) is 0. The zero-order valence-electron chi connectivity index (χ0n) is 8.93. The SMILES string of the molecule is COC(=O)CC(O)C(O)c1cnc(Cl)c(Cl)c1. The molecule has 0 aromatic carbocycles. The molecule has 0 aliphatic heterocycles. The van der Waals surface area contributed by atoms with Gasteiger partial charge < -0.3 is 14.9 Å². The number of halogens is 2. The highest BCUT2D eigenvalue weighted by atomic mass is 35.5. The zero-order chi connectivity index (χ0) is 13.0. The van der Waals surface area contributed by atoms with Gasteiger partial charge in [0.15, 0.2) is 0 Å². The molecule has 1 heterocycles. The van der Waals surface area contributed by atoms with E-state index in [2.05, 4.69) is 9.72 Å². The predicted molar refractivity (Wildman–Crippen MR) is 61.9 cm³/mol. The largest absolute Gasteiger partial charge is 0.469 e. The molecule has 0 aliphatic rings. The van der Waals surface area contributed by atoms with Gasteiger partial charge in [-0.3, -0.25) is 4.79 Å². The van der Waals surface area contributed by atoms with Crippen molar-refractivity contribution < 1.29 is 19.7 Å². The summed E-state index contributed by atoms with van der Waals surface area (Å²) in [6.07, 6.45) is -1.62. The first-order chi connectivity index (χ1) is 7.95. The molecule has 2 unspecified atom stereocenters. The first kappa shape index (κ1) is 14.2. The topological polar surface area (TPSA) is 79.7 Å². The minimum atomic E-state index is -1.29. The molecule has 0 radical (unpaired) electrons. The minimum Gasteiger partial charge on any atom is -0.469 e. The van der Waals surface area contributed by atoms with Gasteiger partial charge in [-0.15, -0.1) is 0 Å². The van der Waals surface area contributed by atoms with Crippen LogP contribution in [0.15, 0.2) is 12.3 Å². The van der Waals surface area contributed by atoms with Crippen LogP contribution in [0.25, 0.3) is 0 Å². The third-order valence-corrected chi connectivity index (χ3v) is 2.81. The molecular formula is C10H11Cl2NO4. The predicted octanol–water partition coefficient (Wildman–Crippen LogP) is 1.35. The molecule has 0 spiro atoms. The van der Waals surface area contributed by atoms with Crippen LogP contribution in [0.2, 0.25) is 10.2 Å². The molecule has 0 amide bonds. The van der Waals surface area contributed by atoms with Crippen LogP contribution in [0.1, 0.15) is 18.1 Å². The summed E-state index contributed by atoms with van der Waals surface area (Å²) in [4.78, 5) is 14.7. The Bertz CT molecular complexity index is 413. The van der Waals surface area contributed by atoms with Gasteiger partial charge in [-0.1, -0.05) is 23.2 Å². The second-order valence-corrected chi connectivity index (χ2v) is 4.10. The Morgan fingerprint density at radius 2 is 2.18 bits per heavy atom. The van der Waals surface area contributed by atoms with E-state index in [-0.39, 0.29) is 22.2 Å². The van der Waals surface area contributed by atoms with E-state index in [0.717, 1.165) is 0 Å². The number of hydrogen-bond donors (Lipinski definition) is 2. The van der Waals surface area contributed by atoms with Crippen LogP contribution >= 0.6 is 23.2 Å². The van der Waals surface area contributed by atoms with Gasteiger partial charge in [-0.2, -0.15) is 0 Å². The zero-order valence-corrected chi connectivity index (χ0v) is 10.4. The summed E-state index contributed by atoms with van der Waals surface area (Å²) in [5, 5.41) is 19.6. The van der Waals surface area contributed by atoms with Gasteiger partial charge in [0.05, 0.1) is 24.7 Å². The molecule has 7 heteroatoms. The lowest BCUT2D eigenvalue weighted by Crippen LogP contribution is -2.22. The number of aliphatic hydroxyl groups excluding tert-OH is 2. The van der Waals surface area contributed by atoms with E-state index in [0.29, 0.717) is 0 Å². The van der Waals surface area contributed by atoms with Gasteiger partial charge in [0, 0.05) is 11.8 Å². The van der Waals surface area contributed by atoms with Crippen LogP contribution < -0.4 is 0 Å². The van der Waals surface area contributed by atoms with Crippen molar-refractivity contribution >= 4 is 29.2 Å². The first-order valence-electron chi connectivity index (χ1n) is 4.69. The Hall–Kier alpha value is -0.880. The smallest absolute Gasteiger partial charge is 0.308 e. The van der Waals surface area contributed by atoms with E-state index in [1.165, 1.54) is 19.4 Å². The molecule has 17 heavy (non-hydrogen) atoms. The number of aromatic nitrogens is 1. The van der Waals surface area contributed by atoms with Crippen molar-refractivity contribution in [2.75, 3.05) is 7.11 Å². The number of rotatable bonds is 4. The Balaban J connectivity index is 2.77. The molecular weight excluding hydrogens is 269 g/mol. The Labute approximate surface area is 108 Å². The number of pyridine rings is 1. The molecule has 1 aromatic rings.